The maximum absolute atomic E-state index is 10.3. The van der Waals surface area contributed by atoms with E-state index in [9.17, 15) is 40.9 Å². The third kappa shape index (κ3) is 5.14. The topological polar surface area (TPSA) is 219 Å². The molecule has 2 heterocycles. The van der Waals surface area contributed by atoms with E-state index in [0.29, 0.717) is 0 Å². The first-order chi connectivity index (χ1) is 13.2. The highest BCUT2D eigenvalue weighted by Gasteiger charge is 2.50. The smallest absolute Gasteiger partial charge is 0.187 e. The van der Waals surface area contributed by atoms with Crippen LogP contribution in [-0.2, 0) is 18.9 Å². The molecule has 1 unspecified atom stereocenters. The third-order valence-electron chi connectivity index (χ3n) is 4.63. The van der Waals surface area contributed by atoms with Crippen LogP contribution in [0.1, 0.15) is 0 Å². The highest BCUT2D eigenvalue weighted by Crippen LogP contribution is 2.29. The minimum atomic E-state index is -1.78. The Hall–Kier alpha value is -0.520. The zero-order valence-electron chi connectivity index (χ0n) is 14.8. The van der Waals surface area contributed by atoms with E-state index in [4.69, 9.17) is 24.1 Å². The summed E-state index contributed by atoms with van der Waals surface area (Å²) in [4.78, 5) is 0. The van der Waals surface area contributed by atoms with Gasteiger partial charge in [-0.15, -0.1) is 0 Å². The molecule has 0 radical (unpaired) electrons. The van der Waals surface area contributed by atoms with Gasteiger partial charge in [0.15, 0.2) is 12.6 Å². The molecule has 2 rings (SSSR count). The van der Waals surface area contributed by atoms with Crippen LogP contribution in [0.3, 0.4) is 0 Å². The maximum atomic E-state index is 10.3. The zero-order chi connectivity index (χ0) is 21.0. The summed E-state index contributed by atoms with van der Waals surface area (Å²) in [5, 5.41) is 86.9. The molecule has 28 heavy (non-hydrogen) atoms. The zero-order valence-corrected chi connectivity index (χ0v) is 14.8. The van der Waals surface area contributed by atoms with Gasteiger partial charge in [-0.3, -0.25) is 0 Å². The lowest BCUT2D eigenvalue weighted by molar-refractivity contribution is -0.368. The van der Waals surface area contributed by atoms with Gasteiger partial charge in [-0.25, -0.2) is 0 Å². The molecule has 0 aliphatic carbocycles. The number of hydrogen-bond acceptors (Lipinski definition) is 13. The Morgan fingerprint density at radius 2 is 1.25 bits per heavy atom. The Bertz CT molecular complexity index is 465. The van der Waals surface area contributed by atoms with Crippen molar-refractivity contribution in [3.63, 3.8) is 0 Å². The first-order valence-electron chi connectivity index (χ1n) is 8.74. The van der Waals surface area contributed by atoms with Crippen molar-refractivity contribution >= 4 is 0 Å². The second-order valence-corrected chi connectivity index (χ2v) is 6.67. The van der Waals surface area contributed by atoms with E-state index in [0.717, 1.165) is 0 Å². The Morgan fingerprint density at radius 3 is 1.79 bits per heavy atom. The van der Waals surface area contributed by atoms with Crippen LogP contribution in [0.25, 0.3) is 0 Å². The summed E-state index contributed by atoms with van der Waals surface area (Å²) in [6.45, 7) is -2.45. The SMILES string of the molecule is OCC(O)CO[C@H]1O[C@H](CO)[C@@H](O)[C@H](O)[C@H]1O[C@H]1O[C@H](CO)[C@@H](O)[C@H](O)[C@H]1O. The second-order valence-electron chi connectivity index (χ2n) is 6.67. The van der Waals surface area contributed by atoms with Crippen LogP contribution in [0.15, 0.2) is 0 Å². The molecule has 2 aliphatic rings. The van der Waals surface area contributed by atoms with Gasteiger partial charge >= 0.3 is 0 Å². The first kappa shape index (κ1) is 23.8. The molecule has 0 amide bonds. The summed E-state index contributed by atoms with van der Waals surface area (Å²) < 4.78 is 21.1. The van der Waals surface area contributed by atoms with Crippen molar-refractivity contribution < 1.29 is 64.9 Å². The predicted molar refractivity (Wildman–Crippen MR) is 85.4 cm³/mol. The van der Waals surface area contributed by atoms with E-state index in [2.05, 4.69) is 0 Å². The van der Waals surface area contributed by atoms with E-state index in [1.165, 1.54) is 0 Å². The molecular weight excluding hydrogens is 388 g/mol. The van der Waals surface area contributed by atoms with Gasteiger partial charge in [0.05, 0.1) is 26.4 Å². The monoisotopic (exact) mass is 416 g/mol. The molecule has 11 atom stereocenters. The average Bonchev–Trinajstić information content (AvgIpc) is 2.70. The van der Waals surface area contributed by atoms with Gasteiger partial charge in [0.25, 0.3) is 0 Å². The Labute approximate surface area is 159 Å². The molecule has 0 bridgehead atoms. The van der Waals surface area contributed by atoms with Crippen LogP contribution >= 0.6 is 0 Å². The number of ether oxygens (including phenoxy) is 4. The molecule has 0 spiro atoms. The van der Waals surface area contributed by atoms with E-state index in [1.807, 2.05) is 0 Å². The third-order valence-corrected chi connectivity index (χ3v) is 4.63. The molecule has 166 valence electrons. The maximum Gasteiger partial charge on any atom is 0.187 e. The fourth-order valence-electron chi connectivity index (χ4n) is 2.93. The molecule has 2 aliphatic heterocycles. The molecule has 0 aromatic rings. The molecule has 0 saturated carbocycles. The highest BCUT2D eigenvalue weighted by atomic mass is 16.8. The van der Waals surface area contributed by atoms with Gasteiger partial charge in [0.2, 0.25) is 0 Å². The van der Waals surface area contributed by atoms with E-state index in [1.54, 1.807) is 0 Å². The lowest BCUT2D eigenvalue weighted by Gasteiger charge is -2.46. The van der Waals surface area contributed by atoms with Crippen molar-refractivity contribution in [1.82, 2.24) is 0 Å². The van der Waals surface area contributed by atoms with Crippen molar-refractivity contribution in [3.05, 3.63) is 0 Å². The number of aliphatic hydroxyl groups excluding tert-OH is 9. The fraction of sp³-hybridized carbons (Fsp3) is 1.00. The number of hydrogen-bond donors (Lipinski definition) is 9. The standard InChI is InChI=1S/C15H28O13/c16-1-5(19)4-25-15-13(11(23)9(21)7(3-18)27-15)28-14-12(24)10(22)8(20)6(2-17)26-14/h5-24H,1-4H2/t5?,6-,7-,8-,9-,10+,11+,12-,13-,14-,15+/m1/s1. The van der Waals surface area contributed by atoms with Crippen LogP contribution < -0.4 is 0 Å². The normalized spacial score (nSPS) is 45.8. The Balaban J connectivity index is 2.15. The van der Waals surface area contributed by atoms with Crippen LogP contribution in [0.5, 0.6) is 0 Å². The minimum Gasteiger partial charge on any atom is -0.394 e. The minimum absolute atomic E-state index is 0.448. The average molecular weight is 416 g/mol. The van der Waals surface area contributed by atoms with Crippen molar-refractivity contribution in [2.24, 2.45) is 0 Å². The molecule has 2 fully saturated rings. The quantitative estimate of drug-likeness (QED) is 0.180. The Morgan fingerprint density at radius 1 is 0.714 bits per heavy atom. The summed E-state index contributed by atoms with van der Waals surface area (Å²) in [6.07, 6.45) is -16.9. The second kappa shape index (κ2) is 10.5. The summed E-state index contributed by atoms with van der Waals surface area (Å²) in [5.74, 6) is 0. The van der Waals surface area contributed by atoms with Gasteiger partial charge in [-0.05, 0) is 0 Å². The predicted octanol–water partition coefficient (Wildman–Crippen LogP) is -6.02. The summed E-state index contributed by atoms with van der Waals surface area (Å²) in [6, 6.07) is 0. The molecule has 0 aromatic heterocycles. The molecule has 13 nitrogen and oxygen atoms in total. The summed E-state index contributed by atoms with van der Waals surface area (Å²) in [5.41, 5.74) is 0. The largest absolute Gasteiger partial charge is 0.394 e. The van der Waals surface area contributed by atoms with E-state index in [-0.39, 0.29) is 0 Å². The van der Waals surface area contributed by atoms with Gasteiger partial charge < -0.3 is 64.9 Å². The van der Waals surface area contributed by atoms with Crippen LogP contribution in [-0.4, -0.2) is 140 Å². The first-order valence-corrected chi connectivity index (χ1v) is 8.74. The summed E-state index contributed by atoms with van der Waals surface area (Å²) in [7, 11) is 0. The summed E-state index contributed by atoms with van der Waals surface area (Å²) >= 11 is 0. The molecule has 13 heteroatoms. The Kier molecular flexibility index (Phi) is 8.90. The lowest BCUT2D eigenvalue weighted by atomic mass is 9.97. The van der Waals surface area contributed by atoms with Gasteiger partial charge in [-0.1, -0.05) is 0 Å². The highest BCUT2D eigenvalue weighted by molar-refractivity contribution is 4.93. The van der Waals surface area contributed by atoms with Crippen molar-refractivity contribution in [2.75, 3.05) is 26.4 Å². The fourth-order valence-corrected chi connectivity index (χ4v) is 2.93. The van der Waals surface area contributed by atoms with Crippen molar-refractivity contribution in [1.29, 1.82) is 0 Å². The van der Waals surface area contributed by atoms with Gasteiger partial charge in [-0.2, -0.15) is 0 Å². The number of aliphatic hydroxyl groups is 9. The van der Waals surface area contributed by atoms with Crippen LogP contribution in [0.4, 0.5) is 0 Å². The van der Waals surface area contributed by atoms with Crippen molar-refractivity contribution in [2.45, 2.75) is 67.5 Å². The van der Waals surface area contributed by atoms with Crippen molar-refractivity contribution in [3.8, 4) is 0 Å². The molecule has 0 aromatic carbocycles. The van der Waals surface area contributed by atoms with Gasteiger partial charge in [0, 0.05) is 0 Å². The molecular formula is C15H28O13. The van der Waals surface area contributed by atoms with Gasteiger partial charge in [0.1, 0.15) is 54.9 Å². The number of rotatable bonds is 8. The van der Waals surface area contributed by atoms with E-state index >= 15 is 0 Å². The van der Waals surface area contributed by atoms with Crippen LogP contribution in [0.2, 0.25) is 0 Å². The van der Waals surface area contributed by atoms with E-state index < -0.39 is 93.9 Å². The molecule has 9 N–H and O–H groups in total. The van der Waals surface area contributed by atoms with Crippen LogP contribution in [0, 0.1) is 0 Å². The lowest BCUT2D eigenvalue weighted by Crippen LogP contribution is -2.64. The molecule has 2 saturated heterocycles.